The molecule has 3 atom stereocenters. The van der Waals surface area contributed by atoms with Crippen LogP contribution in [0.25, 0.3) is 0 Å². The van der Waals surface area contributed by atoms with Gasteiger partial charge in [0.05, 0.1) is 51.5 Å². The summed E-state index contributed by atoms with van der Waals surface area (Å²) in [4.78, 5) is 14.5. The van der Waals surface area contributed by atoms with E-state index in [4.69, 9.17) is 35.3 Å². The molecule has 11 nitrogen and oxygen atoms in total. The fourth-order valence-electron chi connectivity index (χ4n) is 9.15. The van der Waals surface area contributed by atoms with Crippen LogP contribution in [0, 0.1) is 11.8 Å². The van der Waals surface area contributed by atoms with Crippen molar-refractivity contribution >= 4 is 33.3 Å². The molecule has 1 heterocycles. The van der Waals surface area contributed by atoms with E-state index in [1.165, 1.54) is 28.6 Å². The van der Waals surface area contributed by atoms with E-state index < -0.39 is 16.0 Å². The summed E-state index contributed by atoms with van der Waals surface area (Å²) >= 11 is 6.52. The van der Waals surface area contributed by atoms with Gasteiger partial charge in [0, 0.05) is 42.7 Å². The number of methoxy groups -OCH3 is 3. The number of phenolic OH excluding ortho intramolecular Hbond substituents is 1. The largest absolute Gasteiger partial charge is 0.508 e. The van der Waals surface area contributed by atoms with Gasteiger partial charge in [0.2, 0.25) is 10.0 Å². The Morgan fingerprint density at radius 2 is 1.53 bits per heavy atom. The normalized spacial score (nSPS) is 19.4. The van der Waals surface area contributed by atoms with Crippen LogP contribution in [0.5, 0.6) is 28.7 Å². The van der Waals surface area contributed by atoms with Gasteiger partial charge in [0.15, 0.2) is 0 Å². The molecular weight excluding hydrogens is 828 g/mol. The Kier molecular flexibility index (Phi) is 12.9. The number of aromatic hydroxyl groups is 1. The fourth-order valence-corrected chi connectivity index (χ4v) is 10.8. The number of phenols is 1. The van der Waals surface area contributed by atoms with Crippen molar-refractivity contribution in [1.82, 2.24) is 4.31 Å². The van der Waals surface area contributed by atoms with Crippen LogP contribution < -0.4 is 23.8 Å². The zero-order valence-corrected chi connectivity index (χ0v) is 36.9. The molecule has 1 spiro atoms. The van der Waals surface area contributed by atoms with Gasteiger partial charge in [-0.2, -0.15) is 4.31 Å². The van der Waals surface area contributed by atoms with E-state index in [9.17, 15) is 18.3 Å². The van der Waals surface area contributed by atoms with Crippen LogP contribution >= 0.6 is 11.6 Å². The second kappa shape index (κ2) is 18.5. The van der Waals surface area contributed by atoms with Crippen molar-refractivity contribution in [1.29, 1.82) is 0 Å². The van der Waals surface area contributed by atoms with Gasteiger partial charge >= 0.3 is 5.97 Å². The number of esters is 1. The molecule has 326 valence electrons. The first kappa shape index (κ1) is 43.2. The maximum atomic E-state index is 15.0. The first-order valence-corrected chi connectivity index (χ1v) is 22.9. The maximum absolute atomic E-state index is 15.0. The third kappa shape index (κ3) is 9.47. The third-order valence-corrected chi connectivity index (χ3v) is 14.7. The second-order valence-corrected chi connectivity index (χ2v) is 19.1. The van der Waals surface area contributed by atoms with Crippen molar-refractivity contribution < 1.29 is 42.0 Å². The predicted molar refractivity (Wildman–Crippen MR) is 238 cm³/mol. The highest BCUT2D eigenvalue weighted by atomic mass is 35.5. The molecule has 62 heavy (non-hydrogen) atoms. The molecule has 3 aliphatic rings. The van der Waals surface area contributed by atoms with Crippen molar-refractivity contribution in [2.45, 2.75) is 61.9 Å². The summed E-state index contributed by atoms with van der Waals surface area (Å²) in [6.07, 6.45) is 4.79. The Labute approximate surface area is 369 Å². The van der Waals surface area contributed by atoms with Crippen LogP contribution in [0.4, 0.5) is 5.69 Å². The van der Waals surface area contributed by atoms with Crippen molar-refractivity contribution in [3.8, 4) is 28.7 Å². The number of fused-ring (bicyclic) bond motifs is 3. The summed E-state index contributed by atoms with van der Waals surface area (Å²) in [5.41, 5.74) is 5.09. The highest BCUT2D eigenvalue weighted by Crippen LogP contribution is 2.47. The average Bonchev–Trinajstić information content (AvgIpc) is 3.41. The molecule has 0 aromatic heterocycles. The van der Waals surface area contributed by atoms with Gasteiger partial charge in [-0.3, -0.25) is 4.79 Å². The summed E-state index contributed by atoms with van der Waals surface area (Å²) in [6, 6.07) is 31.2. The number of benzene rings is 5. The van der Waals surface area contributed by atoms with Crippen molar-refractivity contribution in [3.63, 3.8) is 0 Å². The van der Waals surface area contributed by atoms with Crippen LogP contribution in [0.2, 0.25) is 5.02 Å². The first-order chi connectivity index (χ1) is 29.9. The molecule has 1 saturated carbocycles. The number of anilines is 1. The lowest BCUT2D eigenvalue weighted by molar-refractivity contribution is -0.139. The molecule has 0 radical (unpaired) electrons. The van der Waals surface area contributed by atoms with Crippen molar-refractivity contribution in [2.24, 2.45) is 11.8 Å². The molecule has 8 rings (SSSR count). The number of carbonyl (C=O) groups excluding carboxylic acids is 1. The van der Waals surface area contributed by atoms with E-state index >= 15 is 0 Å². The molecule has 1 fully saturated rings. The number of carbonyl (C=O) groups is 1. The quantitative estimate of drug-likeness (QED) is 0.102. The number of ether oxygens (including phenoxy) is 5. The van der Waals surface area contributed by atoms with E-state index in [0.717, 1.165) is 48.9 Å². The van der Waals surface area contributed by atoms with Gasteiger partial charge in [-0.25, -0.2) is 8.42 Å². The molecule has 0 saturated heterocycles. The minimum Gasteiger partial charge on any atom is -0.508 e. The first-order valence-electron chi connectivity index (χ1n) is 21.0. The van der Waals surface area contributed by atoms with E-state index in [-0.39, 0.29) is 47.4 Å². The number of sulfonamides is 1. The van der Waals surface area contributed by atoms with Crippen LogP contribution in [0.3, 0.4) is 0 Å². The zero-order valence-electron chi connectivity index (χ0n) is 35.3. The predicted octanol–water partition coefficient (Wildman–Crippen LogP) is 8.75. The molecule has 5 aromatic carbocycles. The molecule has 1 N–H and O–H groups in total. The summed E-state index contributed by atoms with van der Waals surface area (Å²) < 4.78 is 60.1. The Bertz CT molecular complexity index is 2450. The number of aryl methyl sites for hydroxylation is 1. The summed E-state index contributed by atoms with van der Waals surface area (Å²) in [7, 11) is 0.475. The minimum absolute atomic E-state index is 0.0180. The topological polar surface area (TPSA) is 124 Å². The number of hydrogen-bond acceptors (Lipinski definition) is 10. The number of hydrogen-bond donors (Lipinski definition) is 1. The Morgan fingerprint density at radius 1 is 0.839 bits per heavy atom. The monoisotopic (exact) mass is 880 g/mol. The summed E-state index contributed by atoms with van der Waals surface area (Å²) in [5, 5.41) is 11.1. The number of nitrogens with zero attached hydrogens (tertiary/aromatic N) is 2. The lowest BCUT2D eigenvalue weighted by Gasteiger charge is -2.44. The molecule has 1 aliphatic heterocycles. The van der Waals surface area contributed by atoms with E-state index in [0.29, 0.717) is 59.9 Å². The van der Waals surface area contributed by atoms with Crippen LogP contribution in [-0.2, 0) is 50.9 Å². The SMILES string of the molecule is COC(=O)Cc1cc(O)cc(OC[C@@H]2CC[C@H]2CN2C[C@@]3(CCCc4cc(Cl)ccc43)COc3ccc(S(=O)(=O)N(Cc4ccc(OC)cc4)Cc4ccc(OC)cc4)cc32)c1. The molecule has 0 amide bonds. The number of rotatable bonds is 15. The van der Waals surface area contributed by atoms with E-state index in [1.54, 1.807) is 38.5 Å². The lowest BCUT2D eigenvalue weighted by Crippen LogP contribution is -2.49. The molecule has 5 aromatic rings. The van der Waals surface area contributed by atoms with E-state index in [2.05, 4.69) is 17.0 Å². The third-order valence-electron chi connectivity index (χ3n) is 12.7. The fraction of sp³-hybridized carbons (Fsp3) is 0.367. The van der Waals surface area contributed by atoms with Crippen LogP contribution in [0.1, 0.15) is 53.5 Å². The number of halogens is 1. The standard InChI is InChI=1S/C49H53ClN2O9S/c1-57-41-13-6-33(7-14-41)27-52(28-34-8-15-42(58-2)16-9-34)62(55,56)44-17-19-47-46(26-44)51(31-49(32-61-47)20-4-5-36-24-39(50)12-18-45(36)49)29-37-10-11-38(37)30-60-43-22-35(21-40(53)25-43)23-48(54)59-3/h6-9,12-19,21-22,24-26,37-38,53H,4-5,10-11,20,23,27-32H2,1-3H3/t37-,38-,49-/m0/s1. The summed E-state index contributed by atoms with van der Waals surface area (Å²) in [5.74, 6) is 2.57. The molecule has 13 heteroatoms. The Balaban J connectivity index is 1.11. The Hall–Kier alpha value is -5.43. The maximum Gasteiger partial charge on any atom is 0.309 e. The minimum atomic E-state index is -4.07. The molecule has 2 aliphatic carbocycles. The van der Waals surface area contributed by atoms with Crippen molar-refractivity contribution in [3.05, 3.63) is 136 Å². The Morgan fingerprint density at radius 3 is 2.18 bits per heavy atom. The van der Waals surface area contributed by atoms with Gasteiger partial charge in [0.1, 0.15) is 28.7 Å². The second-order valence-electron chi connectivity index (χ2n) is 16.7. The molecular formula is C49H53ClN2O9S. The van der Waals surface area contributed by atoms with Crippen LogP contribution in [0.15, 0.2) is 108 Å². The van der Waals surface area contributed by atoms with Crippen molar-refractivity contribution in [2.75, 3.05) is 52.5 Å². The highest BCUT2D eigenvalue weighted by molar-refractivity contribution is 7.89. The van der Waals surface area contributed by atoms with Gasteiger partial charge in [-0.15, -0.1) is 0 Å². The summed E-state index contributed by atoms with van der Waals surface area (Å²) in [6.45, 7) is 2.45. The van der Waals surface area contributed by atoms with E-state index in [1.807, 2.05) is 60.7 Å². The van der Waals surface area contributed by atoms with Gasteiger partial charge in [0.25, 0.3) is 0 Å². The zero-order chi connectivity index (χ0) is 43.4. The molecule has 0 unspecified atom stereocenters. The highest BCUT2D eigenvalue weighted by Gasteiger charge is 2.44. The van der Waals surface area contributed by atoms with Gasteiger partial charge in [-0.1, -0.05) is 41.9 Å². The lowest BCUT2D eigenvalue weighted by atomic mass is 9.69. The van der Waals surface area contributed by atoms with Gasteiger partial charge < -0.3 is 33.7 Å². The molecule has 0 bridgehead atoms. The smallest absolute Gasteiger partial charge is 0.309 e. The average molecular weight is 881 g/mol. The van der Waals surface area contributed by atoms with Gasteiger partial charge in [-0.05, 0) is 138 Å². The van der Waals surface area contributed by atoms with Crippen LogP contribution in [-0.4, -0.2) is 71.4 Å².